The van der Waals surface area contributed by atoms with Crippen LogP contribution in [0.3, 0.4) is 0 Å². The maximum atomic E-state index is 6.49. The Morgan fingerprint density at radius 3 is 0.902 bits per heavy atom. The highest BCUT2D eigenvalue weighted by Gasteiger charge is 2.52. The van der Waals surface area contributed by atoms with Crippen LogP contribution in [0.2, 0.25) is 0 Å². The smallest absolute Gasteiger partial charge is 0.399 e. The van der Waals surface area contributed by atoms with E-state index in [0.29, 0.717) is 0 Å². The summed E-state index contributed by atoms with van der Waals surface area (Å²) in [4.78, 5) is 0. The number of fused-ring (bicyclic) bond motifs is 6. The molecule has 14 aromatic rings. The van der Waals surface area contributed by atoms with Crippen LogP contribution in [0, 0.1) is 0 Å². The summed E-state index contributed by atoms with van der Waals surface area (Å²) in [6.07, 6.45) is 0. The molecule has 1 aliphatic rings. The molecule has 2 nitrogen and oxygen atoms in total. The van der Waals surface area contributed by atoms with E-state index < -0.39 is 7.12 Å². The average molecular weight is 1170 g/mol. The number of halogens is 1. The van der Waals surface area contributed by atoms with Gasteiger partial charge in [-0.05, 0) is 159 Å². The SMILES string of the molecule is Brc1ccc(-c2ccccc2)c2ccccc12.CC1(C)OB(c2c3ccccc3c(-c3ccccc3)c3ccccc23)OC1(C)C.[HH].[HH].[HH].[HH].[HH].[HH].[HH].[HH].[HH].[HH].[HH].[HH].[HH].[HH].[HH].[HH].[HH].[HH].[HH].[HH].[HH].[HH].[HH].c1ccc(-c2ccc(-c3c4ccccc4c(-c4ccccc4)c4ccccc34)c3ccccc23)cc1. The molecule has 0 aromatic heterocycles. The Morgan fingerprint density at radius 1 is 0.256 bits per heavy atom. The molecule has 0 spiro atoms. The summed E-state index contributed by atoms with van der Waals surface area (Å²) in [5.74, 6) is 0. The molecule has 1 heterocycles. The van der Waals surface area contributed by atoms with Crippen LogP contribution in [-0.4, -0.2) is 18.3 Å². The van der Waals surface area contributed by atoms with Crippen LogP contribution in [-0.2, 0) is 9.31 Å². The van der Waals surface area contributed by atoms with Crippen LogP contribution in [0.25, 0.3) is 120 Å². The lowest BCUT2D eigenvalue weighted by Gasteiger charge is -2.32. The zero-order valence-corrected chi connectivity index (χ0v) is 48.1. The minimum Gasteiger partial charge on any atom is -0.399 e. The van der Waals surface area contributed by atoms with E-state index in [1.807, 2.05) is 6.07 Å². The van der Waals surface area contributed by atoms with Crippen LogP contribution >= 0.6 is 15.9 Å². The highest BCUT2D eigenvalue weighted by molar-refractivity contribution is 9.10. The van der Waals surface area contributed by atoms with Crippen molar-refractivity contribution >= 4 is 93.1 Å². The van der Waals surface area contributed by atoms with E-state index >= 15 is 0 Å². The molecule has 440 valence electrons. The third-order valence-corrected chi connectivity index (χ3v) is 17.4. The molecule has 1 fully saturated rings. The Bertz CT molecular complexity index is 4580. The van der Waals surface area contributed by atoms with Gasteiger partial charge in [0.05, 0.1) is 11.2 Å². The zero-order chi connectivity index (χ0) is 55.8. The second-order valence-corrected chi connectivity index (χ2v) is 23.0. The molecule has 1 aliphatic heterocycles. The summed E-state index contributed by atoms with van der Waals surface area (Å²) in [6.45, 7) is 8.43. The normalized spacial score (nSPS) is 13.5. The van der Waals surface area contributed by atoms with Gasteiger partial charge in [-0.2, -0.15) is 0 Å². The second kappa shape index (κ2) is 22.2. The third kappa shape index (κ3) is 9.67. The fraction of sp³-hybridized carbons (Fsp3) is 0.0769. The molecule has 0 aliphatic carbocycles. The quantitative estimate of drug-likeness (QED) is 0.122. The highest BCUT2D eigenvalue weighted by Crippen LogP contribution is 2.47. The van der Waals surface area contributed by atoms with Crippen molar-refractivity contribution < 1.29 is 42.1 Å². The topological polar surface area (TPSA) is 18.5 Å². The van der Waals surface area contributed by atoms with E-state index in [1.165, 1.54) is 120 Å². The lowest BCUT2D eigenvalue weighted by atomic mass is 9.71. The summed E-state index contributed by atoms with van der Waals surface area (Å²) >= 11 is 3.60. The number of hydrogen-bond donors (Lipinski definition) is 0. The first-order chi connectivity index (χ1) is 40.1. The van der Waals surface area contributed by atoms with Crippen molar-refractivity contribution in [2.45, 2.75) is 38.9 Å². The Hall–Kier alpha value is -8.90. The van der Waals surface area contributed by atoms with Gasteiger partial charge in [0.1, 0.15) is 0 Å². The molecule has 0 N–H and O–H groups in total. The Labute approximate surface area is 523 Å². The van der Waals surface area contributed by atoms with Gasteiger partial charge in [0.25, 0.3) is 0 Å². The van der Waals surface area contributed by atoms with Crippen molar-refractivity contribution in [3.63, 3.8) is 0 Å². The Kier molecular flexibility index (Phi) is 14.2. The van der Waals surface area contributed by atoms with E-state index in [-0.39, 0.29) is 44.0 Å². The van der Waals surface area contributed by atoms with Crippen LogP contribution in [0.1, 0.15) is 60.5 Å². The fourth-order valence-electron chi connectivity index (χ4n) is 12.1. The molecule has 82 heavy (non-hydrogen) atoms. The second-order valence-electron chi connectivity index (χ2n) is 22.1. The Balaban J connectivity index is -0.000000131. The predicted molar refractivity (Wildman–Crippen MR) is 404 cm³/mol. The lowest BCUT2D eigenvalue weighted by Crippen LogP contribution is -2.41. The van der Waals surface area contributed by atoms with Gasteiger partial charge in [0, 0.05) is 37.3 Å². The molecule has 15 rings (SSSR count). The van der Waals surface area contributed by atoms with Crippen LogP contribution < -0.4 is 5.46 Å². The summed E-state index contributed by atoms with van der Waals surface area (Å²) in [6, 6.07) is 104. The molecule has 0 atom stereocenters. The van der Waals surface area contributed by atoms with Gasteiger partial charge in [-0.15, -0.1) is 0 Å². The Morgan fingerprint density at radius 2 is 0.512 bits per heavy atom. The molecule has 0 bridgehead atoms. The number of benzene rings is 14. The summed E-state index contributed by atoms with van der Waals surface area (Å²) in [7, 11) is -0.403. The molecular formula is C78H106BBrO2. The summed E-state index contributed by atoms with van der Waals surface area (Å²) in [5, 5.41) is 15.1. The van der Waals surface area contributed by atoms with Crippen molar-refractivity contribution in [3.8, 4) is 55.6 Å². The number of hydrogen-bond acceptors (Lipinski definition) is 2. The van der Waals surface area contributed by atoms with E-state index in [2.05, 4.69) is 329 Å². The van der Waals surface area contributed by atoms with Crippen molar-refractivity contribution in [2.75, 3.05) is 0 Å². The fourth-order valence-corrected chi connectivity index (χ4v) is 12.6. The largest absolute Gasteiger partial charge is 0.496 e. The van der Waals surface area contributed by atoms with Gasteiger partial charge in [-0.1, -0.05) is 301 Å². The first kappa shape index (κ1) is 52.5. The molecule has 4 heteroatoms. The molecule has 1 saturated heterocycles. The lowest BCUT2D eigenvalue weighted by molar-refractivity contribution is 0.00578. The van der Waals surface area contributed by atoms with Crippen LogP contribution in [0.4, 0.5) is 0 Å². The molecule has 14 aromatic carbocycles. The minimum atomic E-state index is -0.403. The molecule has 0 radical (unpaired) electrons. The molecule has 0 unspecified atom stereocenters. The number of rotatable bonds is 6. The first-order valence-electron chi connectivity index (χ1n) is 28.3. The van der Waals surface area contributed by atoms with Gasteiger partial charge >= 0.3 is 7.12 Å². The maximum absolute atomic E-state index is 6.49. The van der Waals surface area contributed by atoms with Crippen LogP contribution in [0.15, 0.2) is 296 Å². The molecule has 0 amide bonds. The minimum absolute atomic E-state index is 0. The van der Waals surface area contributed by atoms with E-state index in [1.54, 1.807) is 0 Å². The molecule has 0 saturated carbocycles. The van der Waals surface area contributed by atoms with Gasteiger partial charge in [0.15, 0.2) is 0 Å². The van der Waals surface area contributed by atoms with E-state index in [0.717, 1.165) is 9.94 Å². The third-order valence-electron chi connectivity index (χ3n) is 16.8. The predicted octanol–water partition coefficient (Wildman–Crippen LogP) is 27.0. The van der Waals surface area contributed by atoms with Gasteiger partial charge in [0.2, 0.25) is 0 Å². The zero-order valence-electron chi connectivity index (χ0n) is 46.5. The van der Waals surface area contributed by atoms with Crippen molar-refractivity contribution in [3.05, 3.63) is 296 Å². The van der Waals surface area contributed by atoms with Gasteiger partial charge in [-0.25, -0.2) is 0 Å². The average Bonchev–Trinajstić information content (AvgIpc) is 1.54. The monoisotopic (exact) mass is 1160 g/mol. The van der Waals surface area contributed by atoms with Crippen LogP contribution in [0.5, 0.6) is 0 Å². The van der Waals surface area contributed by atoms with Gasteiger partial charge in [-0.3, -0.25) is 0 Å². The van der Waals surface area contributed by atoms with E-state index in [4.69, 9.17) is 9.31 Å². The van der Waals surface area contributed by atoms with Crippen molar-refractivity contribution in [2.24, 2.45) is 0 Å². The summed E-state index contributed by atoms with van der Waals surface area (Å²) in [5.41, 5.74) is 13.0. The van der Waals surface area contributed by atoms with Gasteiger partial charge < -0.3 is 9.31 Å². The summed E-state index contributed by atoms with van der Waals surface area (Å²) < 4.78 is 14.1. The standard InChI is InChI=1S/C36H24.C26H25BO2.C16H11Br.23H2/c1-3-13-25(14-4-1)27-23-24-34(29-18-8-7-17-28(27)29)36-32-21-11-9-19-30(32)35(26-15-5-2-6-16-26)31-20-10-12-22-33(31)36;1-25(2)26(3,4)29-27(28-25)24-21-16-10-8-14-19(21)23(18-12-6-5-7-13-18)20-15-9-11-17-22(20)24;17-16-11-10-13(12-6-2-1-3-7-12)14-8-4-5-9-15(14)16;;;;;;;;;;;;;;;;;;;;;;;/h1-24H;5-17H,1-4H3;1-11H;23*1H. The molecular weight excluding hydrogens is 1060 g/mol. The van der Waals surface area contributed by atoms with Crippen molar-refractivity contribution in [1.82, 2.24) is 0 Å². The first-order valence-corrected chi connectivity index (χ1v) is 29.1. The highest BCUT2D eigenvalue weighted by atomic mass is 79.9. The maximum Gasteiger partial charge on any atom is 0.496 e. The van der Waals surface area contributed by atoms with E-state index in [9.17, 15) is 0 Å². The van der Waals surface area contributed by atoms with Crippen molar-refractivity contribution in [1.29, 1.82) is 0 Å².